The van der Waals surface area contributed by atoms with E-state index in [-0.39, 0.29) is 5.97 Å². The highest BCUT2D eigenvalue weighted by atomic mass is 16.5. The maximum atomic E-state index is 11.3. The molecule has 0 bridgehead atoms. The molecular weight excluding hydrogens is 246 g/mol. The van der Waals surface area contributed by atoms with Crippen molar-refractivity contribution in [1.82, 2.24) is 20.2 Å². The molecule has 1 unspecified atom stereocenters. The zero-order valence-electron chi connectivity index (χ0n) is 11.0. The van der Waals surface area contributed by atoms with Crippen LogP contribution in [0.5, 0.6) is 0 Å². The first-order valence-electron chi connectivity index (χ1n) is 5.80. The molecule has 0 saturated carbocycles. The van der Waals surface area contributed by atoms with E-state index in [0.717, 1.165) is 16.9 Å². The van der Waals surface area contributed by atoms with Crippen molar-refractivity contribution in [2.24, 2.45) is 0 Å². The first-order chi connectivity index (χ1) is 9.11. The fraction of sp³-hybridized carbons (Fsp3) is 0.333. The van der Waals surface area contributed by atoms with Gasteiger partial charge < -0.3 is 10.1 Å². The molecule has 100 valence electrons. The van der Waals surface area contributed by atoms with Gasteiger partial charge in [-0.25, -0.2) is 9.48 Å². The predicted octanol–water partition coefficient (Wildman–Crippen LogP) is 0.944. The first kappa shape index (κ1) is 13.0. The lowest BCUT2D eigenvalue weighted by Gasteiger charge is -2.14. The largest absolute Gasteiger partial charge is 0.467 e. The zero-order valence-corrected chi connectivity index (χ0v) is 11.0. The fourth-order valence-corrected chi connectivity index (χ4v) is 1.76. The van der Waals surface area contributed by atoms with Crippen LogP contribution < -0.4 is 5.32 Å². The maximum Gasteiger partial charge on any atom is 0.327 e. The quantitative estimate of drug-likeness (QED) is 0.825. The summed E-state index contributed by atoms with van der Waals surface area (Å²) in [5.41, 5.74) is 2.72. The number of benzene rings is 1. The Balaban J connectivity index is 2.18. The number of hydrogen-bond donors (Lipinski definition) is 1. The van der Waals surface area contributed by atoms with Crippen molar-refractivity contribution >= 4 is 11.7 Å². The number of carbonyl (C=O) groups excluding carboxylic acids is 1. The van der Waals surface area contributed by atoms with Crippen molar-refractivity contribution in [2.45, 2.75) is 19.9 Å². The maximum absolute atomic E-state index is 11.3. The van der Waals surface area contributed by atoms with Gasteiger partial charge in [-0.2, -0.15) is 0 Å². The molecule has 0 aliphatic rings. The topological polar surface area (TPSA) is 81.9 Å². The molecule has 1 aromatic heterocycles. The summed E-state index contributed by atoms with van der Waals surface area (Å²) in [6, 6.07) is 5.28. The average molecular weight is 261 g/mol. The van der Waals surface area contributed by atoms with E-state index in [4.69, 9.17) is 0 Å². The lowest BCUT2D eigenvalue weighted by atomic mass is 10.1. The number of nitrogens with one attached hydrogen (secondary N) is 1. The minimum Gasteiger partial charge on any atom is -0.467 e. The van der Waals surface area contributed by atoms with E-state index in [9.17, 15) is 4.79 Å². The standard InChI is InChI=1S/C12H15N5O2/c1-8-6-10(14-9(2)12(18)19-3)4-5-11(8)17-7-13-15-16-17/h4-7,9,14H,1-3H3. The molecule has 7 nitrogen and oxygen atoms in total. The summed E-state index contributed by atoms with van der Waals surface area (Å²) in [5, 5.41) is 14.1. The number of anilines is 1. The third-order valence-electron chi connectivity index (χ3n) is 2.73. The Morgan fingerprint density at radius 2 is 2.26 bits per heavy atom. The Labute approximate surface area is 110 Å². The molecule has 0 fully saturated rings. The third kappa shape index (κ3) is 2.87. The number of carbonyl (C=O) groups is 1. The van der Waals surface area contributed by atoms with Gasteiger partial charge in [-0.05, 0) is 48.0 Å². The average Bonchev–Trinajstić information content (AvgIpc) is 2.91. The second-order valence-electron chi connectivity index (χ2n) is 4.14. The summed E-state index contributed by atoms with van der Waals surface area (Å²) >= 11 is 0. The molecular formula is C12H15N5O2. The Kier molecular flexibility index (Phi) is 3.74. The molecule has 0 aliphatic carbocycles. The van der Waals surface area contributed by atoms with Gasteiger partial charge in [-0.15, -0.1) is 5.10 Å². The number of rotatable bonds is 4. The fourth-order valence-electron chi connectivity index (χ4n) is 1.76. The molecule has 0 radical (unpaired) electrons. The molecule has 1 aromatic carbocycles. The van der Waals surface area contributed by atoms with Gasteiger partial charge >= 0.3 is 5.97 Å². The predicted molar refractivity (Wildman–Crippen MR) is 69.0 cm³/mol. The summed E-state index contributed by atoms with van der Waals surface area (Å²) in [4.78, 5) is 11.3. The highest BCUT2D eigenvalue weighted by Gasteiger charge is 2.13. The van der Waals surface area contributed by atoms with Gasteiger partial charge in [-0.3, -0.25) is 0 Å². The van der Waals surface area contributed by atoms with E-state index in [0.29, 0.717) is 0 Å². The number of esters is 1. The van der Waals surface area contributed by atoms with E-state index >= 15 is 0 Å². The number of aromatic nitrogens is 4. The van der Waals surface area contributed by atoms with Crippen LogP contribution in [0.15, 0.2) is 24.5 Å². The second-order valence-corrected chi connectivity index (χ2v) is 4.14. The van der Waals surface area contributed by atoms with E-state index in [1.54, 1.807) is 11.6 Å². The molecule has 0 aliphatic heterocycles. The molecule has 19 heavy (non-hydrogen) atoms. The van der Waals surface area contributed by atoms with Crippen LogP contribution in [0.25, 0.3) is 5.69 Å². The molecule has 1 N–H and O–H groups in total. The minimum atomic E-state index is -0.400. The van der Waals surface area contributed by atoms with Crippen LogP contribution in [0.2, 0.25) is 0 Å². The van der Waals surface area contributed by atoms with Crippen LogP contribution >= 0.6 is 0 Å². The summed E-state index contributed by atoms with van der Waals surface area (Å²) in [6.07, 6.45) is 1.53. The third-order valence-corrected chi connectivity index (χ3v) is 2.73. The van der Waals surface area contributed by atoms with Gasteiger partial charge in [0.05, 0.1) is 12.8 Å². The lowest BCUT2D eigenvalue weighted by molar-refractivity contribution is -0.141. The molecule has 0 spiro atoms. The summed E-state index contributed by atoms with van der Waals surface area (Å²) in [7, 11) is 1.37. The van der Waals surface area contributed by atoms with Gasteiger partial charge in [0.2, 0.25) is 0 Å². The van der Waals surface area contributed by atoms with Gasteiger partial charge in [0.25, 0.3) is 0 Å². The van der Waals surface area contributed by atoms with Crippen LogP contribution in [0.4, 0.5) is 5.69 Å². The van der Waals surface area contributed by atoms with Crippen LogP contribution in [0, 0.1) is 6.92 Å². The Bertz CT molecular complexity index is 568. The van der Waals surface area contributed by atoms with Gasteiger partial charge in [0, 0.05) is 5.69 Å². The monoisotopic (exact) mass is 261 g/mol. The summed E-state index contributed by atoms with van der Waals surface area (Å²) in [5.74, 6) is -0.304. The number of tetrazole rings is 1. The number of methoxy groups -OCH3 is 1. The van der Waals surface area contributed by atoms with Crippen LogP contribution in [-0.2, 0) is 9.53 Å². The van der Waals surface area contributed by atoms with Crippen molar-refractivity contribution in [1.29, 1.82) is 0 Å². The summed E-state index contributed by atoms with van der Waals surface area (Å²) in [6.45, 7) is 3.70. The smallest absolute Gasteiger partial charge is 0.327 e. The highest BCUT2D eigenvalue weighted by Crippen LogP contribution is 2.18. The normalized spacial score (nSPS) is 11.9. The molecule has 7 heteroatoms. The highest BCUT2D eigenvalue weighted by molar-refractivity contribution is 5.78. The number of aryl methyl sites for hydroxylation is 1. The van der Waals surface area contributed by atoms with Crippen molar-refractivity contribution in [3.05, 3.63) is 30.1 Å². The molecule has 0 amide bonds. The minimum absolute atomic E-state index is 0.304. The summed E-state index contributed by atoms with van der Waals surface area (Å²) < 4.78 is 6.25. The van der Waals surface area contributed by atoms with Crippen LogP contribution in [0.3, 0.4) is 0 Å². The molecule has 0 saturated heterocycles. The van der Waals surface area contributed by atoms with Crippen LogP contribution in [-0.4, -0.2) is 39.3 Å². The van der Waals surface area contributed by atoms with Crippen molar-refractivity contribution in [3.63, 3.8) is 0 Å². The van der Waals surface area contributed by atoms with Gasteiger partial charge in [0.1, 0.15) is 12.4 Å². The van der Waals surface area contributed by atoms with E-state index in [2.05, 4.69) is 25.6 Å². The zero-order chi connectivity index (χ0) is 13.8. The van der Waals surface area contributed by atoms with Crippen LogP contribution in [0.1, 0.15) is 12.5 Å². The molecule has 1 heterocycles. The Morgan fingerprint density at radius 3 is 2.84 bits per heavy atom. The van der Waals surface area contributed by atoms with Crippen molar-refractivity contribution in [3.8, 4) is 5.69 Å². The van der Waals surface area contributed by atoms with E-state index in [1.807, 2.05) is 25.1 Å². The number of nitrogens with zero attached hydrogens (tertiary/aromatic N) is 4. The SMILES string of the molecule is COC(=O)C(C)Nc1ccc(-n2cnnn2)c(C)c1. The first-order valence-corrected chi connectivity index (χ1v) is 5.80. The molecule has 1 atom stereocenters. The Hall–Kier alpha value is -2.44. The lowest BCUT2D eigenvalue weighted by Crippen LogP contribution is -2.27. The number of ether oxygens (including phenoxy) is 1. The molecule has 2 rings (SSSR count). The van der Waals surface area contributed by atoms with E-state index in [1.165, 1.54) is 13.4 Å². The van der Waals surface area contributed by atoms with Crippen molar-refractivity contribution < 1.29 is 9.53 Å². The second kappa shape index (κ2) is 5.47. The Morgan fingerprint density at radius 1 is 1.47 bits per heavy atom. The molecule has 2 aromatic rings. The number of hydrogen-bond acceptors (Lipinski definition) is 6. The van der Waals surface area contributed by atoms with E-state index < -0.39 is 6.04 Å². The van der Waals surface area contributed by atoms with Crippen molar-refractivity contribution in [2.75, 3.05) is 12.4 Å². The van der Waals surface area contributed by atoms with Gasteiger partial charge in [-0.1, -0.05) is 0 Å². The van der Waals surface area contributed by atoms with Gasteiger partial charge in [0.15, 0.2) is 0 Å².